The highest BCUT2D eigenvalue weighted by molar-refractivity contribution is 8.04. The first kappa shape index (κ1) is 13.3. The maximum absolute atomic E-state index is 6.13. The Bertz CT molecular complexity index is 613. The zero-order valence-corrected chi connectivity index (χ0v) is 11.9. The molecule has 0 unspecified atom stereocenters. The molecule has 0 fully saturated rings. The molecule has 0 aromatic carbocycles. The van der Waals surface area contributed by atoms with Gasteiger partial charge in [0.15, 0.2) is 0 Å². The van der Waals surface area contributed by atoms with Crippen molar-refractivity contribution in [3.63, 3.8) is 0 Å². The summed E-state index contributed by atoms with van der Waals surface area (Å²) in [5.41, 5.74) is 10.7. The van der Waals surface area contributed by atoms with E-state index in [0.29, 0.717) is 10.7 Å². The zero-order chi connectivity index (χ0) is 12.0. The number of allylic oxidation sites excluding steroid dienone is 1. The number of hydrogen-bond donors (Lipinski definition) is 2. The number of fused-ring (bicyclic) bond motifs is 3. The molecule has 3 aliphatic rings. The van der Waals surface area contributed by atoms with Gasteiger partial charge in [-0.15, -0.1) is 12.4 Å². The Labute approximate surface area is 121 Å². The van der Waals surface area contributed by atoms with E-state index in [4.69, 9.17) is 17.3 Å². The maximum atomic E-state index is 6.13. The van der Waals surface area contributed by atoms with Crippen molar-refractivity contribution < 1.29 is 0 Å². The van der Waals surface area contributed by atoms with Gasteiger partial charge in [0.05, 0.1) is 22.1 Å². The van der Waals surface area contributed by atoms with Crippen molar-refractivity contribution in [1.29, 1.82) is 0 Å². The molecule has 2 heterocycles. The van der Waals surface area contributed by atoms with Gasteiger partial charge in [-0.2, -0.15) is 0 Å². The van der Waals surface area contributed by atoms with E-state index in [2.05, 4.69) is 15.8 Å². The summed E-state index contributed by atoms with van der Waals surface area (Å²) in [6.07, 6.45) is 3.70. The number of rotatable bonds is 0. The minimum absolute atomic E-state index is 0. The molecule has 3 rings (SSSR count). The first-order valence-corrected chi connectivity index (χ1v) is 6.34. The van der Waals surface area contributed by atoms with Gasteiger partial charge >= 0.3 is 0 Å². The van der Waals surface area contributed by atoms with Crippen LogP contribution in [0.5, 0.6) is 0 Å². The highest BCUT2D eigenvalue weighted by Crippen LogP contribution is 2.47. The van der Waals surface area contributed by atoms with E-state index in [0.717, 1.165) is 22.5 Å². The van der Waals surface area contributed by atoms with Crippen LogP contribution in [0.15, 0.2) is 23.2 Å². The zero-order valence-electron chi connectivity index (χ0n) is 9.53. The van der Waals surface area contributed by atoms with Gasteiger partial charge in [-0.25, -0.2) is 0 Å². The summed E-state index contributed by atoms with van der Waals surface area (Å²) in [6, 6.07) is 3.77. The fourth-order valence-corrected chi connectivity index (χ4v) is 2.70. The molecule has 0 amide bonds. The van der Waals surface area contributed by atoms with E-state index in [1.54, 1.807) is 18.1 Å². The Hall–Kier alpha value is -1.10. The van der Waals surface area contributed by atoms with Crippen LogP contribution in [0.2, 0.25) is 5.02 Å². The van der Waals surface area contributed by atoms with Crippen molar-refractivity contribution in [1.82, 2.24) is 4.98 Å². The predicted molar refractivity (Wildman–Crippen MR) is 82.4 cm³/mol. The number of hydrogen-bond acceptors (Lipinski definition) is 4. The quantitative estimate of drug-likeness (QED) is 0.713. The summed E-state index contributed by atoms with van der Waals surface area (Å²) in [5.74, 6) is 0. The maximum Gasteiger partial charge on any atom is 0.0960 e. The van der Waals surface area contributed by atoms with Crippen LogP contribution in [0, 0.1) is 0 Å². The molecule has 1 aliphatic carbocycles. The molecule has 0 radical (unpaired) electrons. The summed E-state index contributed by atoms with van der Waals surface area (Å²) in [4.78, 5) is 5.52. The Morgan fingerprint density at radius 2 is 2.17 bits per heavy atom. The monoisotopic (exact) mass is 299 g/mol. The van der Waals surface area contributed by atoms with Crippen molar-refractivity contribution >= 4 is 53.4 Å². The summed E-state index contributed by atoms with van der Waals surface area (Å²) in [7, 11) is 0. The van der Waals surface area contributed by atoms with E-state index < -0.39 is 0 Å². The Balaban J connectivity index is 0.00000120. The van der Waals surface area contributed by atoms with Crippen LogP contribution in [-0.2, 0) is 0 Å². The minimum Gasteiger partial charge on any atom is -0.396 e. The number of halogens is 2. The van der Waals surface area contributed by atoms with Crippen molar-refractivity contribution in [2.45, 2.75) is 6.92 Å². The van der Waals surface area contributed by atoms with Crippen molar-refractivity contribution in [2.75, 3.05) is 10.5 Å². The van der Waals surface area contributed by atoms with Gasteiger partial charge in [-0.05, 0) is 37.1 Å². The molecule has 0 saturated heterocycles. The van der Waals surface area contributed by atoms with E-state index in [1.165, 1.54) is 4.91 Å². The molecular weight excluding hydrogens is 289 g/mol. The summed E-state index contributed by atoms with van der Waals surface area (Å²) in [6.45, 7) is 2.04. The van der Waals surface area contributed by atoms with Crippen molar-refractivity contribution in [2.24, 2.45) is 0 Å². The van der Waals surface area contributed by atoms with Crippen LogP contribution in [0.25, 0.3) is 17.3 Å². The van der Waals surface area contributed by atoms with Gasteiger partial charge < -0.3 is 10.5 Å². The highest BCUT2D eigenvalue weighted by Gasteiger charge is 2.23. The lowest BCUT2D eigenvalue weighted by Crippen LogP contribution is -1.94. The van der Waals surface area contributed by atoms with Gasteiger partial charge in [-0.3, -0.25) is 4.98 Å². The molecule has 6 heteroatoms. The van der Waals surface area contributed by atoms with Gasteiger partial charge in [0, 0.05) is 22.2 Å². The molecule has 18 heavy (non-hydrogen) atoms. The van der Waals surface area contributed by atoms with Crippen LogP contribution < -0.4 is 10.5 Å². The fraction of sp³-hybridized carbons (Fsp3) is 0.0833. The fourth-order valence-electron chi connectivity index (χ4n) is 1.93. The summed E-state index contributed by atoms with van der Waals surface area (Å²) >= 11 is 7.51. The molecule has 0 aromatic rings. The number of nitrogens with two attached hydrogens (primary N) is 1. The summed E-state index contributed by atoms with van der Waals surface area (Å²) < 4.78 is 3.29. The number of anilines is 2. The van der Waals surface area contributed by atoms with Gasteiger partial charge in [0.25, 0.3) is 0 Å². The number of nitrogen functional groups attached to an aromatic ring is 1. The number of nitrogens with zero attached hydrogens (tertiary/aromatic N) is 1. The van der Waals surface area contributed by atoms with Crippen molar-refractivity contribution in [3.05, 3.63) is 33.8 Å². The molecule has 2 aliphatic heterocycles. The van der Waals surface area contributed by atoms with E-state index >= 15 is 0 Å². The first-order chi connectivity index (χ1) is 8.16. The standard InChI is InChI=1S/C12H10ClN3S.ClH/c1-6-4-9-10(14)12-8(11(9)16-17-6)3-2-7(13)5-15-12;/h2-5,16H,14H2,1H3;1H. The van der Waals surface area contributed by atoms with E-state index in [-0.39, 0.29) is 12.4 Å². The lowest BCUT2D eigenvalue weighted by atomic mass is 10.2. The molecule has 0 atom stereocenters. The SMILES string of the molecule is CC1=Cc2c(N)c3ncc(Cl)ccc-3c2NS1.Cl. The number of aromatic nitrogens is 1. The predicted octanol–water partition coefficient (Wildman–Crippen LogP) is 4.28. The Kier molecular flexibility index (Phi) is 3.61. The molecular formula is C12H11Cl2N3S. The van der Waals surface area contributed by atoms with Crippen LogP contribution in [0.3, 0.4) is 0 Å². The second-order valence-corrected chi connectivity index (χ2v) is 5.39. The third kappa shape index (κ3) is 2.00. The smallest absolute Gasteiger partial charge is 0.0960 e. The minimum atomic E-state index is 0. The largest absolute Gasteiger partial charge is 0.396 e. The molecule has 0 aromatic heterocycles. The molecule has 0 spiro atoms. The Morgan fingerprint density at radius 3 is 2.94 bits per heavy atom. The molecule has 94 valence electrons. The van der Waals surface area contributed by atoms with Gasteiger partial charge in [-0.1, -0.05) is 11.6 Å². The number of nitrogens with one attached hydrogen (secondary N) is 1. The van der Waals surface area contributed by atoms with Crippen molar-refractivity contribution in [3.8, 4) is 11.3 Å². The molecule has 3 N–H and O–H groups in total. The lowest BCUT2D eigenvalue weighted by Gasteiger charge is -2.12. The first-order valence-electron chi connectivity index (χ1n) is 5.14. The topological polar surface area (TPSA) is 50.9 Å². The van der Waals surface area contributed by atoms with Crippen LogP contribution in [0.4, 0.5) is 11.4 Å². The van der Waals surface area contributed by atoms with Crippen LogP contribution >= 0.6 is 36.0 Å². The average Bonchev–Trinajstić information content (AvgIpc) is 2.47. The third-order valence-electron chi connectivity index (χ3n) is 2.73. The molecule has 0 saturated carbocycles. The van der Waals surface area contributed by atoms with E-state index in [1.807, 2.05) is 19.1 Å². The third-order valence-corrected chi connectivity index (χ3v) is 3.70. The average molecular weight is 300 g/mol. The van der Waals surface area contributed by atoms with Gasteiger partial charge in [0.1, 0.15) is 0 Å². The van der Waals surface area contributed by atoms with E-state index in [9.17, 15) is 0 Å². The lowest BCUT2D eigenvalue weighted by molar-refractivity contribution is 1.38. The van der Waals surface area contributed by atoms with Gasteiger partial charge in [0.2, 0.25) is 0 Å². The Morgan fingerprint density at radius 1 is 1.39 bits per heavy atom. The normalized spacial score (nSPS) is 13.3. The second kappa shape index (κ2) is 4.88. The second-order valence-electron chi connectivity index (χ2n) is 3.90. The van der Waals surface area contributed by atoms with Crippen LogP contribution in [0.1, 0.15) is 12.5 Å². The summed E-state index contributed by atoms with van der Waals surface area (Å²) in [5, 5.41) is 0.601. The molecule has 3 nitrogen and oxygen atoms in total. The highest BCUT2D eigenvalue weighted by atomic mass is 35.5. The van der Waals surface area contributed by atoms with Crippen LogP contribution in [-0.4, -0.2) is 4.98 Å². The molecule has 0 bridgehead atoms.